The molecule has 0 aromatic carbocycles. The fourth-order valence-corrected chi connectivity index (χ4v) is 2.33. The Balaban J connectivity index is 2.44. The van der Waals surface area contributed by atoms with E-state index < -0.39 is 0 Å². The van der Waals surface area contributed by atoms with Gasteiger partial charge in [-0.2, -0.15) is 0 Å². The summed E-state index contributed by atoms with van der Waals surface area (Å²) in [5.74, 6) is 0. The van der Waals surface area contributed by atoms with Crippen LogP contribution in [0.15, 0.2) is 12.1 Å². The zero-order chi connectivity index (χ0) is 11.3. The molecular formula is C11H14Cl2N2. The van der Waals surface area contributed by atoms with Crippen LogP contribution in [0.3, 0.4) is 0 Å². The van der Waals surface area contributed by atoms with Gasteiger partial charge in [-0.15, -0.1) is 0 Å². The van der Waals surface area contributed by atoms with Crippen LogP contribution in [0, 0.1) is 0 Å². The van der Waals surface area contributed by atoms with Crippen molar-refractivity contribution in [3.05, 3.63) is 28.0 Å². The van der Waals surface area contributed by atoms with Crippen molar-refractivity contribution < 1.29 is 0 Å². The lowest BCUT2D eigenvalue weighted by Gasteiger charge is -2.32. The van der Waals surface area contributed by atoms with Crippen molar-refractivity contribution in [2.75, 3.05) is 0 Å². The van der Waals surface area contributed by atoms with Gasteiger partial charge in [-0.25, -0.2) is 4.98 Å². The average Bonchev–Trinajstić information content (AvgIpc) is 2.83. The monoisotopic (exact) mass is 244 g/mol. The topological polar surface area (TPSA) is 38.9 Å². The van der Waals surface area contributed by atoms with E-state index in [-0.39, 0.29) is 11.0 Å². The van der Waals surface area contributed by atoms with Crippen LogP contribution in [0.1, 0.15) is 32.3 Å². The van der Waals surface area contributed by atoms with Gasteiger partial charge in [-0.3, -0.25) is 0 Å². The molecule has 0 amide bonds. The van der Waals surface area contributed by atoms with Crippen LogP contribution in [0.25, 0.3) is 0 Å². The Labute approximate surface area is 99.8 Å². The second-order valence-corrected chi connectivity index (χ2v) is 5.56. The Morgan fingerprint density at radius 2 is 1.73 bits per heavy atom. The first-order valence-electron chi connectivity index (χ1n) is 4.98. The summed E-state index contributed by atoms with van der Waals surface area (Å²) in [6.07, 6.45) is 2.11. The average molecular weight is 245 g/mol. The Hall–Kier alpha value is -0.310. The van der Waals surface area contributed by atoms with E-state index in [1.165, 1.54) is 0 Å². The smallest absolute Gasteiger partial charge is 0.131 e. The minimum Gasteiger partial charge on any atom is -0.324 e. The van der Waals surface area contributed by atoms with E-state index in [0.717, 1.165) is 18.4 Å². The quantitative estimate of drug-likeness (QED) is 0.813. The maximum atomic E-state index is 6.25. The van der Waals surface area contributed by atoms with Gasteiger partial charge in [0, 0.05) is 11.0 Å². The number of hydrogen-bond donors (Lipinski definition) is 1. The fraction of sp³-hybridized carbons (Fsp3) is 0.545. The summed E-state index contributed by atoms with van der Waals surface area (Å²) in [4.78, 5) is 3.94. The van der Waals surface area contributed by atoms with Crippen LogP contribution < -0.4 is 5.73 Å². The second-order valence-electron chi connectivity index (χ2n) is 4.78. The van der Waals surface area contributed by atoms with Gasteiger partial charge in [-0.05, 0) is 30.5 Å². The summed E-state index contributed by atoms with van der Waals surface area (Å²) < 4.78 is 0. The third kappa shape index (κ3) is 1.86. The Kier molecular flexibility index (Phi) is 2.49. The number of nitrogens with two attached hydrogens (primary N) is 1. The van der Waals surface area contributed by atoms with Crippen molar-refractivity contribution in [3.8, 4) is 0 Å². The summed E-state index contributed by atoms with van der Waals surface area (Å²) in [5, 5.41) is 0.852. The fourth-order valence-electron chi connectivity index (χ4n) is 1.87. The molecule has 1 heterocycles. The first kappa shape index (κ1) is 11.2. The zero-order valence-corrected chi connectivity index (χ0v) is 10.4. The van der Waals surface area contributed by atoms with E-state index in [9.17, 15) is 0 Å². The highest BCUT2D eigenvalue weighted by Crippen LogP contribution is 2.49. The predicted molar refractivity (Wildman–Crippen MR) is 63.4 cm³/mol. The lowest BCUT2D eigenvalue weighted by molar-refractivity contribution is 0.391. The van der Waals surface area contributed by atoms with E-state index in [0.29, 0.717) is 10.3 Å². The lowest BCUT2D eigenvalue weighted by Crippen LogP contribution is -2.43. The molecule has 15 heavy (non-hydrogen) atoms. The van der Waals surface area contributed by atoms with Gasteiger partial charge in [0.1, 0.15) is 10.3 Å². The highest BCUT2D eigenvalue weighted by atomic mass is 35.5. The summed E-state index contributed by atoms with van der Waals surface area (Å²) in [6, 6.07) is 3.70. The molecule has 1 saturated carbocycles. The molecule has 2 nitrogen and oxygen atoms in total. The SMILES string of the molecule is CC(C)(c1cc(Cl)nc(Cl)c1)C1(N)CC1. The van der Waals surface area contributed by atoms with Crippen molar-refractivity contribution in [2.45, 2.75) is 37.6 Å². The first-order valence-corrected chi connectivity index (χ1v) is 5.73. The van der Waals surface area contributed by atoms with E-state index in [2.05, 4.69) is 18.8 Å². The van der Waals surface area contributed by atoms with Crippen molar-refractivity contribution in [2.24, 2.45) is 5.73 Å². The molecule has 1 fully saturated rings. The number of halogens is 2. The Bertz CT molecular complexity index is 377. The zero-order valence-electron chi connectivity index (χ0n) is 8.85. The van der Waals surface area contributed by atoms with Gasteiger partial charge in [0.05, 0.1) is 0 Å². The van der Waals surface area contributed by atoms with Crippen molar-refractivity contribution >= 4 is 23.2 Å². The minimum atomic E-state index is -0.110. The summed E-state index contributed by atoms with van der Waals surface area (Å²) in [7, 11) is 0. The predicted octanol–water partition coefficient (Wildman–Crippen LogP) is 3.16. The van der Waals surface area contributed by atoms with Gasteiger partial charge < -0.3 is 5.73 Å². The van der Waals surface area contributed by atoms with Gasteiger partial charge in [0.15, 0.2) is 0 Å². The molecule has 2 N–H and O–H groups in total. The largest absolute Gasteiger partial charge is 0.324 e. The second kappa shape index (κ2) is 3.34. The van der Waals surface area contributed by atoms with Gasteiger partial charge in [0.25, 0.3) is 0 Å². The number of aromatic nitrogens is 1. The molecule has 82 valence electrons. The first-order chi connectivity index (χ1) is 6.85. The molecule has 0 atom stereocenters. The number of hydrogen-bond acceptors (Lipinski definition) is 2. The molecule has 0 spiro atoms. The van der Waals surface area contributed by atoms with Crippen LogP contribution in [0.2, 0.25) is 10.3 Å². The van der Waals surface area contributed by atoms with E-state index >= 15 is 0 Å². The van der Waals surface area contributed by atoms with Crippen LogP contribution in [-0.4, -0.2) is 10.5 Å². The molecule has 2 rings (SSSR count). The minimum absolute atomic E-state index is 0.108. The molecule has 4 heteroatoms. The molecule has 1 aliphatic carbocycles. The van der Waals surface area contributed by atoms with Crippen LogP contribution in [-0.2, 0) is 5.41 Å². The van der Waals surface area contributed by atoms with Crippen molar-refractivity contribution in [1.29, 1.82) is 0 Å². The number of nitrogens with zero attached hydrogens (tertiary/aromatic N) is 1. The molecular weight excluding hydrogens is 231 g/mol. The molecule has 0 bridgehead atoms. The third-order valence-electron chi connectivity index (χ3n) is 3.52. The molecule has 1 aromatic rings. The van der Waals surface area contributed by atoms with E-state index in [1.54, 1.807) is 0 Å². The summed E-state index contributed by atoms with van der Waals surface area (Å²) in [5.41, 5.74) is 7.09. The summed E-state index contributed by atoms with van der Waals surface area (Å²) >= 11 is 11.8. The third-order valence-corrected chi connectivity index (χ3v) is 3.91. The standard InChI is InChI=1S/C11H14Cl2N2/c1-10(2,11(14)3-4-11)7-5-8(12)15-9(13)6-7/h5-6H,3-4,14H2,1-2H3. The maximum absolute atomic E-state index is 6.25. The van der Waals surface area contributed by atoms with Gasteiger partial charge in [0.2, 0.25) is 0 Å². The highest BCUT2D eigenvalue weighted by Gasteiger charge is 2.52. The van der Waals surface area contributed by atoms with Crippen molar-refractivity contribution in [1.82, 2.24) is 4.98 Å². The molecule has 1 aliphatic rings. The maximum Gasteiger partial charge on any atom is 0.131 e. The van der Waals surface area contributed by atoms with Crippen molar-refractivity contribution in [3.63, 3.8) is 0 Å². The van der Waals surface area contributed by atoms with Gasteiger partial charge >= 0.3 is 0 Å². The Morgan fingerprint density at radius 3 is 2.13 bits per heavy atom. The van der Waals surface area contributed by atoms with Crippen LogP contribution in [0.4, 0.5) is 0 Å². The lowest BCUT2D eigenvalue weighted by atomic mass is 9.76. The molecule has 1 aromatic heterocycles. The molecule has 0 saturated heterocycles. The van der Waals surface area contributed by atoms with E-state index in [1.807, 2.05) is 12.1 Å². The highest BCUT2D eigenvalue weighted by molar-refractivity contribution is 6.32. The summed E-state index contributed by atoms with van der Waals surface area (Å²) in [6.45, 7) is 4.25. The number of rotatable bonds is 2. The molecule has 0 unspecified atom stereocenters. The number of pyridine rings is 1. The van der Waals surface area contributed by atoms with Gasteiger partial charge in [-0.1, -0.05) is 37.0 Å². The molecule has 0 aliphatic heterocycles. The van der Waals surface area contributed by atoms with E-state index in [4.69, 9.17) is 28.9 Å². The normalized spacial score (nSPS) is 19.0. The van der Waals surface area contributed by atoms with Crippen LogP contribution in [0.5, 0.6) is 0 Å². The van der Waals surface area contributed by atoms with Crippen LogP contribution >= 0.6 is 23.2 Å². The Morgan fingerprint density at radius 1 is 1.27 bits per heavy atom. The molecule has 0 radical (unpaired) electrons.